The molecule has 0 radical (unpaired) electrons. The summed E-state index contributed by atoms with van der Waals surface area (Å²) in [7, 11) is 0. The van der Waals surface area contributed by atoms with Crippen LogP contribution < -0.4 is 5.32 Å². The SMILES string of the molecule is CCOC(=O)c1c(NC(=O)C=Cc2ccc(Cl)cc2)sc2c1C(C)CCC2. The molecule has 1 heterocycles. The Balaban J connectivity index is 1.84. The topological polar surface area (TPSA) is 55.4 Å². The average molecular weight is 404 g/mol. The molecule has 27 heavy (non-hydrogen) atoms. The molecule has 1 amide bonds. The van der Waals surface area contributed by atoms with Gasteiger partial charge in [0, 0.05) is 16.0 Å². The molecule has 1 aromatic heterocycles. The van der Waals surface area contributed by atoms with Gasteiger partial charge < -0.3 is 10.1 Å². The fraction of sp³-hybridized carbons (Fsp3) is 0.333. The Morgan fingerprint density at radius 2 is 2.07 bits per heavy atom. The van der Waals surface area contributed by atoms with Crippen molar-refractivity contribution >= 4 is 45.9 Å². The van der Waals surface area contributed by atoms with Crippen LogP contribution in [0.15, 0.2) is 30.3 Å². The first-order valence-electron chi connectivity index (χ1n) is 9.07. The molecule has 1 aromatic carbocycles. The van der Waals surface area contributed by atoms with Gasteiger partial charge in [0.15, 0.2) is 0 Å². The maximum absolute atomic E-state index is 12.5. The van der Waals surface area contributed by atoms with E-state index < -0.39 is 0 Å². The van der Waals surface area contributed by atoms with E-state index >= 15 is 0 Å². The third-order valence-electron chi connectivity index (χ3n) is 4.57. The van der Waals surface area contributed by atoms with Gasteiger partial charge >= 0.3 is 5.97 Å². The first kappa shape index (κ1) is 19.6. The minimum absolute atomic E-state index is 0.276. The van der Waals surface area contributed by atoms with Gasteiger partial charge in [-0.3, -0.25) is 4.79 Å². The van der Waals surface area contributed by atoms with E-state index in [0.29, 0.717) is 28.1 Å². The summed E-state index contributed by atoms with van der Waals surface area (Å²) in [4.78, 5) is 26.1. The lowest BCUT2D eigenvalue weighted by Crippen LogP contribution is -2.15. The van der Waals surface area contributed by atoms with Crippen LogP contribution in [-0.4, -0.2) is 18.5 Å². The fourth-order valence-corrected chi connectivity index (χ4v) is 4.78. The summed E-state index contributed by atoms with van der Waals surface area (Å²) in [6.45, 7) is 4.22. The molecule has 4 nitrogen and oxygen atoms in total. The zero-order valence-electron chi connectivity index (χ0n) is 15.4. The maximum Gasteiger partial charge on any atom is 0.341 e. The standard InChI is InChI=1S/C21H22ClNO3S/c1-3-26-21(25)19-18-13(2)5-4-6-16(18)27-20(19)23-17(24)12-9-14-7-10-15(22)11-8-14/h7-13H,3-6H2,1-2H3,(H,23,24). The molecule has 1 N–H and O–H groups in total. The molecule has 1 unspecified atom stereocenters. The van der Waals surface area contributed by atoms with Crippen molar-refractivity contribution in [3.63, 3.8) is 0 Å². The van der Waals surface area contributed by atoms with Crippen LogP contribution >= 0.6 is 22.9 Å². The molecule has 0 aliphatic heterocycles. The van der Waals surface area contributed by atoms with Crippen molar-refractivity contribution in [2.45, 2.75) is 39.0 Å². The summed E-state index contributed by atoms with van der Waals surface area (Å²) in [5, 5.41) is 4.10. The fourth-order valence-electron chi connectivity index (χ4n) is 3.30. The van der Waals surface area contributed by atoms with Crippen molar-refractivity contribution in [3.05, 3.63) is 56.9 Å². The zero-order chi connectivity index (χ0) is 19.4. The minimum atomic E-state index is -0.360. The first-order valence-corrected chi connectivity index (χ1v) is 10.3. The molecular weight excluding hydrogens is 382 g/mol. The van der Waals surface area contributed by atoms with E-state index in [2.05, 4.69) is 12.2 Å². The summed E-state index contributed by atoms with van der Waals surface area (Å²) in [6.07, 6.45) is 6.25. The Bertz CT molecular complexity index is 870. The van der Waals surface area contributed by atoms with E-state index in [0.717, 1.165) is 30.4 Å². The number of hydrogen-bond acceptors (Lipinski definition) is 4. The van der Waals surface area contributed by atoms with Gasteiger partial charge in [0.2, 0.25) is 5.91 Å². The number of anilines is 1. The molecule has 0 bridgehead atoms. The molecule has 1 atom stereocenters. The number of hydrogen-bond donors (Lipinski definition) is 1. The van der Waals surface area contributed by atoms with Crippen molar-refractivity contribution in [1.82, 2.24) is 0 Å². The smallest absolute Gasteiger partial charge is 0.341 e. The van der Waals surface area contributed by atoms with Crippen LogP contribution in [0.4, 0.5) is 5.00 Å². The van der Waals surface area contributed by atoms with Gasteiger partial charge in [-0.25, -0.2) is 4.79 Å². The highest BCUT2D eigenvalue weighted by Crippen LogP contribution is 2.43. The molecule has 3 rings (SSSR count). The van der Waals surface area contributed by atoms with Crippen molar-refractivity contribution in [2.24, 2.45) is 0 Å². The number of carbonyl (C=O) groups is 2. The molecule has 1 aliphatic carbocycles. The maximum atomic E-state index is 12.5. The molecule has 1 aliphatic rings. The van der Waals surface area contributed by atoms with Crippen LogP contribution in [0, 0.1) is 0 Å². The lowest BCUT2D eigenvalue weighted by atomic mass is 9.86. The molecular formula is C21H22ClNO3S. The molecule has 0 spiro atoms. The number of nitrogens with one attached hydrogen (secondary N) is 1. The normalized spacial score (nSPS) is 16.2. The third-order valence-corrected chi connectivity index (χ3v) is 6.00. The van der Waals surface area contributed by atoms with Gasteiger partial charge in [-0.2, -0.15) is 0 Å². The predicted molar refractivity (Wildman–Crippen MR) is 111 cm³/mol. The number of carbonyl (C=O) groups excluding carboxylic acids is 2. The minimum Gasteiger partial charge on any atom is -0.462 e. The van der Waals surface area contributed by atoms with E-state index in [9.17, 15) is 9.59 Å². The number of thiophene rings is 1. The summed E-state index contributed by atoms with van der Waals surface area (Å²) in [5.41, 5.74) is 2.44. The number of aryl methyl sites for hydroxylation is 1. The van der Waals surface area contributed by atoms with Crippen LogP contribution in [0.3, 0.4) is 0 Å². The summed E-state index contributed by atoms with van der Waals surface area (Å²) >= 11 is 7.36. The molecule has 6 heteroatoms. The lowest BCUT2D eigenvalue weighted by molar-refractivity contribution is -0.111. The molecule has 0 saturated carbocycles. The molecule has 142 valence electrons. The van der Waals surface area contributed by atoms with Crippen molar-refractivity contribution in [2.75, 3.05) is 11.9 Å². The molecule has 0 fully saturated rings. The van der Waals surface area contributed by atoms with Gasteiger partial charge in [-0.05, 0) is 61.4 Å². The highest BCUT2D eigenvalue weighted by Gasteiger charge is 2.30. The van der Waals surface area contributed by atoms with Crippen LogP contribution in [0.1, 0.15) is 59.0 Å². The Labute approximate surface area is 168 Å². The second kappa shape index (κ2) is 8.72. The molecule has 0 saturated heterocycles. The number of fused-ring (bicyclic) bond motifs is 1. The first-order chi connectivity index (χ1) is 13.0. The number of amides is 1. The monoisotopic (exact) mass is 403 g/mol. The van der Waals surface area contributed by atoms with Gasteiger partial charge in [0.1, 0.15) is 5.00 Å². The Hall–Kier alpha value is -2.11. The van der Waals surface area contributed by atoms with Gasteiger partial charge in [0.25, 0.3) is 0 Å². The number of halogens is 1. The van der Waals surface area contributed by atoms with E-state index in [1.807, 2.05) is 12.1 Å². The van der Waals surface area contributed by atoms with Crippen molar-refractivity contribution < 1.29 is 14.3 Å². The van der Waals surface area contributed by atoms with Crippen LogP contribution in [0.25, 0.3) is 6.08 Å². The number of esters is 1. The third kappa shape index (κ3) is 4.60. The highest BCUT2D eigenvalue weighted by atomic mass is 35.5. The second-order valence-corrected chi connectivity index (χ2v) is 8.07. The largest absolute Gasteiger partial charge is 0.462 e. The predicted octanol–water partition coefficient (Wildman–Crippen LogP) is 5.67. The molecule has 2 aromatic rings. The van der Waals surface area contributed by atoms with Crippen molar-refractivity contribution in [3.8, 4) is 0 Å². The van der Waals surface area contributed by atoms with E-state index in [1.165, 1.54) is 22.3 Å². The quantitative estimate of drug-likeness (QED) is 0.516. The number of benzene rings is 1. The Kier molecular flexibility index (Phi) is 6.34. The number of rotatable bonds is 5. The van der Waals surface area contributed by atoms with E-state index in [4.69, 9.17) is 16.3 Å². The van der Waals surface area contributed by atoms with Crippen LogP contribution in [0.5, 0.6) is 0 Å². The van der Waals surface area contributed by atoms with E-state index in [1.54, 1.807) is 25.1 Å². The Morgan fingerprint density at radius 1 is 1.33 bits per heavy atom. The van der Waals surface area contributed by atoms with Gasteiger partial charge in [-0.1, -0.05) is 30.7 Å². The van der Waals surface area contributed by atoms with Gasteiger partial charge in [0.05, 0.1) is 12.2 Å². The Morgan fingerprint density at radius 3 is 2.78 bits per heavy atom. The van der Waals surface area contributed by atoms with E-state index in [-0.39, 0.29) is 11.9 Å². The zero-order valence-corrected chi connectivity index (χ0v) is 17.0. The average Bonchev–Trinajstić information content (AvgIpc) is 3.01. The number of ether oxygens (including phenoxy) is 1. The summed E-state index contributed by atoms with van der Waals surface area (Å²) in [5.74, 6) is -0.345. The summed E-state index contributed by atoms with van der Waals surface area (Å²) < 4.78 is 5.25. The van der Waals surface area contributed by atoms with Crippen molar-refractivity contribution in [1.29, 1.82) is 0 Å². The highest BCUT2D eigenvalue weighted by molar-refractivity contribution is 7.17. The lowest BCUT2D eigenvalue weighted by Gasteiger charge is -2.19. The van der Waals surface area contributed by atoms with Crippen LogP contribution in [0.2, 0.25) is 5.02 Å². The summed E-state index contributed by atoms with van der Waals surface area (Å²) in [6, 6.07) is 7.21. The van der Waals surface area contributed by atoms with Gasteiger partial charge in [-0.15, -0.1) is 11.3 Å². The van der Waals surface area contributed by atoms with Crippen LogP contribution in [-0.2, 0) is 16.0 Å². The second-order valence-electron chi connectivity index (χ2n) is 6.53.